The van der Waals surface area contributed by atoms with Crippen LogP contribution in [0.3, 0.4) is 0 Å². The first kappa shape index (κ1) is 13.0. The summed E-state index contributed by atoms with van der Waals surface area (Å²) in [7, 11) is 0. The number of rotatable bonds is 4. The number of aromatic nitrogens is 3. The molecule has 106 valence electrons. The first-order valence-corrected chi connectivity index (χ1v) is 6.28. The summed E-state index contributed by atoms with van der Waals surface area (Å²) in [5, 5.41) is 16.7. The minimum atomic E-state index is -0.948. The topological polar surface area (TPSA) is 101 Å². The molecule has 0 aliphatic carbocycles. The molecule has 0 fully saturated rings. The van der Waals surface area contributed by atoms with E-state index < -0.39 is 5.97 Å². The summed E-state index contributed by atoms with van der Waals surface area (Å²) in [6.45, 7) is 2.25. The van der Waals surface area contributed by atoms with E-state index in [1.54, 1.807) is 18.2 Å². The van der Waals surface area contributed by atoms with E-state index in [1.165, 1.54) is 6.33 Å². The van der Waals surface area contributed by atoms with Crippen LogP contribution in [0.2, 0.25) is 0 Å². The van der Waals surface area contributed by atoms with Crippen LogP contribution in [-0.2, 0) is 6.54 Å². The van der Waals surface area contributed by atoms with Gasteiger partial charge in [-0.1, -0.05) is 17.3 Å². The summed E-state index contributed by atoms with van der Waals surface area (Å²) < 4.78 is 5.07. The van der Waals surface area contributed by atoms with Gasteiger partial charge in [-0.05, 0) is 24.6 Å². The molecule has 0 aliphatic heterocycles. The molecule has 0 bridgehead atoms. The summed E-state index contributed by atoms with van der Waals surface area (Å²) in [5.74, 6) is -0.337. The Morgan fingerprint density at radius 2 is 2.24 bits per heavy atom. The number of carboxylic acids is 1. The number of benzene rings is 1. The van der Waals surface area contributed by atoms with Crippen LogP contribution in [0.4, 0.5) is 5.82 Å². The van der Waals surface area contributed by atoms with Gasteiger partial charge in [-0.15, -0.1) is 0 Å². The molecule has 21 heavy (non-hydrogen) atoms. The molecular formula is C14H12N4O3. The number of nitrogens with zero attached hydrogens (tertiary/aromatic N) is 3. The number of aromatic carboxylic acids is 1. The maximum atomic E-state index is 11.0. The van der Waals surface area contributed by atoms with Crippen molar-refractivity contribution in [1.82, 2.24) is 15.1 Å². The van der Waals surface area contributed by atoms with E-state index >= 15 is 0 Å². The number of nitrogens with one attached hydrogen (secondary N) is 1. The fourth-order valence-electron chi connectivity index (χ4n) is 2.06. The van der Waals surface area contributed by atoms with Gasteiger partial charge < -0.3 is 14.9 Å². The quantitative estimate of drug-likeness (QED) is 0.757. The molecule has 2 heterocycles. The maximum absolute atomic E-state index is 11.0. The second-order valence-electron chi connectivity index (χ2n) is 4.53. The van der Waals surface area contributed by atoms with E-state index in [-0.39, 0.29) is 5.56 Å². The number of hydrogen-bond acceptors (Lipinski definition) is 6. The molecule has 0 saturated carbocycles. The summed E-state index contributed by atoms with van der Waals surface area (Å²) in [6, 6.07) is 6.73. The third-order valence-corrected chi connectivity index (χ3v) is 3.08. The van der Waals surface area contributed by atoms with Crippen LogP contribution in [-0.4, -0.2) is 26.2 Å². The van der Waals surface area contributed by atoms with Crippen LogP contribution in [0.5, 0.6) is 0 Å². The van der Waals surface area contributed by atoms with E-state index in [1.807, 2.05) is 13.0 Å². The molecule has 0 radical (unpaired) electrons. The second kappa shape index (κ2) is 5.20. The minimum absolute atomic E-state index is 0.253. The minimum Gasteiger partial charge on any atom is -0.478 e. The monoisotopic (exact) mass is 284 g/mol. The van der Waals surface area contributed by atoms with E-state index in [0.717, 1.165) is 10.9 Å². The SMILES string of the molecule is Cc1noc2ncnc(NCc3cccc(C(=O)O)c3)c12. The molecule has 3 aromatic rings. The standard InChI is InChI=1S/C14H12N4O3/c1-8-11-12(16-7-17-13(11)21-18-8)15-6-9-3-2-4-10(5-9)14(19)20/h2-5,7H,6H2,1H3,(H,19,20)(H,15,16,17). The first-order valence-electron chi connectivity index (χ1n) is 6.28. The van der Waals surface area contributed by atoms with Gasteiger partial charge in [0.15, 0.2) is 0 Å². The number of carboxylic acid groups (broad SMARTS) is 1. The highest BCUT2D eigenvalue weighted by Crippen LogP contribution is 2.22. The molecule has 2 N–H and O–H groups in total. The zero-order valence-corrected chi connectivity index (χ0v) is 11.2. The van der Waals surface area contributed by atoms with Crippen molar-refractivity contribution >= 4 is 22.9 Å². The molecule has 0 unspecified atom stereocenters. The number of hydrogen-bond donors (Lipinski definition) is 2. The fraction of sp³-hybridized carbons (Fsp3) is 0.143. The Balaban J connectivity index is 1.85. The molecule has 7 nitrogen and oxygen atoms in total. The Morgan fingerprint density at radius 3 is 3.05 bits per heavy atom. The maximum Gasteiger partial charge on any atom is 0.335 e. The number of carbonyl (C=O) groups is 1. The van der Waals surface area contributed by atoms with Crippen LogP contribution in [0.25, 0.3) is 11.1 Å². The third-order valence-electron chi connectivity index (χ3n) is 3.08. The van der Waals surface area contributed by atoms with Gasteiger partial charge in [0.2, 0.25) is 0 Å². The van der Waals surface area contributed by atoms with E-state index in [9.17, 15) is 4.79 Å². The Kier molecular flexibility index (Phi) is 3.23. The van der Waals surface area contributed by atoms with Gasteiger partial charge in [-0.2, -0.15) is 4.98 Å². The highest BCUT2D eigenvalue weighted by molar-refractivity contribution is 5.88. The zero-order chi connectivity index (χ0) is 14.8. The van der Waals surface area contributed by atoms with Gasteiger partial charge in [0, 0.05) is 6.54 Å². The lowest BCUT2D eigenvalue weighted by atomic mass is 10.1. The average molecular weight is 284 g/mol. The van der Waals surface area contributed by atoms with Gasteiger partial charge in [0.1, 0.15) is 17.5 Å². The molecule has 0 spiro atoms. The predicted molar refractivity (Wildman–Crippen MR) is 75.1 cm³/mol. The lowest BCUT2D eigenvalue weighted by Crippen LogP contribution is -2.04. The highest BCUT2D eigenvalue weighted by Gasteiger charge is 2.11. The van der Waals surface area contributed by atoms with Crippen molar-refractivity contribution in [3.63, 3.8) is 0 Å². The third kappa shape index (κ3) is 2.53. The van der Waals surface area contributed by atoms with E-state index in [2.05, 4.69) is 20.4 Å². The summed E-state index contributed by atoms with van der Waals surface area (Å²) in [5.41, 5.74) is 2.22. The lowest BCUT2D eigenvalue weighted by molar-refractivity contribution is 0.0697. The van der Waals surface area contributed by atoms with Crippen molar-refractivity contribution in [1.29, 1.82) is 0 Å². The normalized spacial score (nSPS) is 10.7. The Morgan fingerprint density at radius 1 is 1.38 bits per heavy atom. The molecule has 7 heteroatoms. The zero-order valence-electron chi connectivity index (χ0n) is 11.2. The molecular weight excluding hydrogens is 272 g/mol. The van der Waals surface area contributed by atoms with E-state index in [0.29, 0.717) is 23.8 Å². The molecule has 2 aromatic heterocycles. The fourth-order valence-corrected chi connectivity index (χ4v) is 2.06. The van der Waals surface area contributed by atoms with Gasteiger partial charge in [0.25, 0.3) is 5.71 Å². The van der Waals surface area contributed by atoms with Crippen LogP contribution in [0, 0.1) is 6.92 Å². The Labute approximate surface area is 119 Å². The van der Waals surface area contributed by atoms with Gasteiger partial charge in [0.05, 0.1) is 11.3 Å². The lowest BCUT2D eigenvalue weighted by Gasteiger charge is -2.07. The molecule has 0 atom stereocenters. The molecule has 0 saturated heterocycles. The average Bonchev–Trinajstić information content (AvgIpc) is 2.88. The van der Waals surface area contributed by atoms with Crippen molar-refractivity contribution in [2.24, 2.45) is 0 Å². The smallest absolute Gasteiger partial charge is 0.335 e. The van der Waals surface area contributed by atoms with Crippen molar-refractivity contribution in [2.75, 3.05) is 5.32 Å². The largest absolute Gasteiger partial charge is 0.478 e. The predicted octanol–water partition coefficient (Wildman–Crippen LogP) is 2.24. The van der Waals surface area contributed by atoms with Crippen LogP contribution in [0.1, 0.15) is 21.6 Å². The first-order chi connectivity index (χ1) is 10.1. The van der Waals surface area contributed by atoms with Crippen molar-refractivity contribution in [2.45, 2.75) is 13.5 Å². The Bertz CT molecular complexity index is 813. The van der Waals surface area contributed by atoms with Crippen molar-refractivity contribution in [3.8, 4) is 0 Å². The molecule has 1 aromatic carbocycles. The summed E-state index contributed by atoms with van der Waals surface area (Å²) in [6.07, 6.45) is 1.39. The number of anilines is 1. The molecule has 3 rings (SSSR count). The Hall–Kier alpha value is -2.96. The van der Waals surface area contributed by atoms with Crippen LogP contribution in [0.15, 0.2) is 35.1 Å². The number of fused-ring (bicyclic) bond motifs is 1. The van der Waals surface area contributed by atoms with Crippen LogP contribution < -0.4 is 5.32 Å². The van der Waals surface area contributed by atoms with Gasteiger partial charge >= 0.3 is 5.97 Å². The highest BCUT2D eigenvalue weighted by atomic mass is 16.5. The van der Waals surface area contributed by atoms with Crippen molar-refractivity contribution in [3.05, 3.63) is 47.4 Å². The summed E-state index contributed by atoms with van der Waals surface area (Å²) in [4.78, 5) is 19.1. The molecule has 0 amide bonds. The number of aryl methyl sites for hydroxylation is 1. The summed E-state index contributed by atoms with van der Waals surface area (Å²) >= 11 is 0. The van der Waals surface area contributed by atoms with Gasteiger partial charge in [-0.3, -0.25) is 0 Å². The van der Waals surface area contributed by atoms with Gasteiger partial charge in [-0.25, -0.2) is 9.78 Å². The second-order valence-corrected chi connectivity index (χ2v) is 4.53. The van der Waals surface area contributed by atoms with Crippen LogP contribution >= 0.6 is 0 Å². The molecule has 0 aliphatic rings. The van der Waals surface area contributed by atoms with E-state index in [4.69, 9.17) is 9.63 Å². The van der Waals surface area contributed by atoms with Crippen molar-refractivity contribution < 1.29 is 14.4 Å².